The number of aryl methyl sites for hydroxylation is 1. The van der Waals surface area contributed by atoms with Crippen LogP contribution in [0.5, 0.6) is 5.75 Å². The molecule has 1 unspecified atom stereocenters. The SMILES string of the molecule is OC1CCc2cccc(OCc3ccccc3)c21. The molecule has 0 radical (unpaired) electrons. The molecule has 0 fully saturated rings. The lowest BCUT2D eigenvalue weighted by Gasteiger charge is -2.13. The third kappa shape index (κ3) is 2.12. The number of aliphatic hydroxyl groups excluding tert-OH is 1. The van der Waals surface area contributed by atoms with Gasteiger partial charge in [0.05, 0.1) is 6.10 Å². The topological polar surface area (TPSA) is 29.5 Å². The maximum absolute atomic E-state index is 9.98. The molecule has 0 bridgehead atoms. The lowest BCUT2D eigenvalue weighted by molar-refractivity contribution is 0.173. The summed E-state index contributed by atoms with van der Waals surface area (Å²) < 4.78 is 5.85. The summed E-state index contributed by atoms with van der Waals surface area (Å²) in [5.41, 5.74) is 3.34. The van der Waals surface area contributed by atoms with Crippen molar-refractivity contribution < 1.29 is 9.84 Å². The minimum Gasteiger partial charge on any atom is -0.489 e. The van der Waals surface area contributed by atoms with Gasteiger partial charge in [-0.15, -0.1) is 0 Å². The summed E-state index contributed by atoms with van der Waals surface area (Å²) in [4.78, 5) is 0. The first-order valence-electron chi connectivity index (χ1n) is 6.31. The molecule has 0 spiro atoms. The number of rotatable bonds is 3. The summed E-state index contributed by atoms with van der Waals surface area (Å²) in [5, 5.41) is 9.98. The fourth-order valence-electron chi connectivity index (χ4n) is 2.48. The number of ether oxygens (including phenoxy) is 1. The second-order valence-corrected chi connectivity index (χ2v) is 4.66. The maximum Gasteiger partial charge on any atom is 0.125 e. The molecule has 0 amide bonds. The lowest BCUT2D eigenvalue weighted by atomic mass is 10.1. The molecule has 0 aliphatic heterocycles. The quantitative estimate of drug-likeness (QED) is 0.892. The van der Waals surface area contributed by atoms with E-state index >= 15 is 0 Å². The largest absolute Gasteiger partial charge is 0.489 e. The second kappa shape index (κ2) is 4.83. The van der Waals surface area contributed by atoms with Crippen LogP contribution >= 0.6 is 0 Å². The predicted octanol–water partition coefficient (Wildman–Crippen LogP) is 3.25. The van der Waals surface area contributed by atoms with Gasteiger partial charge in [0, 0.05) is 5.56 Å². The zero-order valence-corrected chi connectivity index (χ0v) is 10.2. The van der Waals surface area contributed by atoms with Gasteiger partial charge in [-0.05, 0) is 30.0 Å². The molecule has 1 atom stereocenters. The van der Waals surface area contributed by atoms with Crippen LogP contribution in [0.4, 0.5) is 0 Å². The highest BCUT2D eigenvalue weighted by molar-refractivity contribution is 5.44. The number of fused-ring (bicyclic) bond motifs is 1. The zero-order chi connectivity index (χ0) is 12.4. The van der Waals surface area contributed by atoms with Crippen molar-refractivity contribution in [3.63, 3.8) is 0 Å². The summed E-state index contributed by atoms with van der Waals surface area (Å²) in [6.07, 6.45) is 1.38. The normalized spacial score (nSPS) is 17.5. The van der Waals surface area contributed by atoms with E-state index < -0.39 is 0 Å². The number of hydrogen-bond donors (Lipinski definition) is 1. The van der Waals surface area contributed by atoms with Crippen LogP contribution in [0, 0.1) is 0 Å². The summed E-state index contributed by atoms with van der Waals surface area (Å²) in [6, 6.07) is 16.1. The van der Waals surface area contributed by atoms with Crippen molar-refractivity contribution in [3.8, 4) is 5.75 Å². The highest BCUT2D eigenvalue weighted by atomic mass is 16.5. The van der Waals surface area contributed by atoms with Crippen LogP contribution in [0.2, 0.25) is 0 Å². The smallest absolute Gasteiger partial charge is 0.125 e. The molecule has 1 aliphatic carbocycles. The Kier molecular flexibility index (Phi) is 3.03. The fourth-order valence-corrected chi connectivity index (χ4v) is 2.48. The van der Waals surface area contributed by atoms with Crippen molar-refractivity contribution in [3.05, 3.63) is 65.2 Å². The Bertz CT molecular complexity index is 534. The molecule has 92 valence electrons. The molecule has 2 aromatic rings. The highest BCUT2D eigenvalue weighted by Gasteiger charge is 2.23. The first kappa shape index (κ1) is 11.3. The Morgan fingerprint density at radius 1 is 1.06 bits per heavy atom. The maximum atomic E-state index is 9.98. The van der Waals surface area contributed by atoms with E-state index in [1.165, 1.54) is 5.56 Å². The average Bonchev–Trinajstić information content (AvgIpc) is 2.80. The van der Waals surface area contributed by atoms with Gasteiger partial charge >= 0.3 is 0 Å². The monoisotopic (exact) mass is 240 g/mol. The fraction of sp³-hybridized carbons (Fsp3) is 0.250. The van der Waals surface area contributed by atoms with Crippen LogP contribution < -0.4 is 4.74 Å². The van der Waals surface area contributed by atoms with E-state index in [9.17, 15) is 5.11 Å². The van der Waals surface area contributed by atoms with Crippen molar-refractivity contribution in [1.82, 2.24) is 0 Å². The van der Waals surface area contributed by atoms with Crippen molar-refractivity contribution >= 4 is 0 Å². The Morgan fingerprint density at radius 2 is 1.89 bits per heavy atom. The van der Waals surface area contributed by atoms with Crippen LogP contribution in [0.3, 0.4) is 0 Å². The van der Waals surface area contributed by atoms with Crippen LogP contribution in [0.15, 0.2) is 48.5 Å². The molecule has 2 aromatic carbocycles. The predicted molar refractivity (Wildman–Crippen MR) is 70.5 cm³/mol. The molecule has 0 saturated carbocycles. The number of hydrogen-bond acceptors (Lipinski definition) is 2. The average molecular weight is 240 g/mol. The van der Waals surface area contributed by atoms with Crippen molar-refractivity contribution in [2.75, 3.05) is 0 Å². The van der Waals surface area contributed by atoms with E-state index in [4.69, 9.17) is 4.74 Å². The summed E-state index contributed by atoms with van der Waals surface area (Å²) in [6.45, 7) is 0.546. The van der Waals surface area contributed by atoms with E-state index in [2.05, 4.69) is 6.07 Å². The molecule has 18 heavy (non-hydrogen) atoms. The van der Waals surface area contributed by atoms with E-state index in [0.29, 0.717) is 6.61 Å². The van der Waals surface area contributed by atoms with E-state index in [0.717, 1.165) is 29.7 Å². The summed E-state index contributed by atoms with van der Waals surface area (Å²) in [7, 11) is 0. The minimum absolute atomic E-state index is 0.369. The van der Waals surface area contributed by atoms with Gasteiger partial charge in [-0.25, -0.2) is 0 Å². The molecular formula is C16H16O2. The van der Waals surface area contributed by atoms with E-state index in [1.54, 1.807) is 0 Å². The molecule has 0 aromatic heterocycles. The van der Waals surface area contributed by atoms with Gasteiger partial charge in [0.1, 0.15) is 12.4 Å². The van der Waals surface area contributed by atoms with Gasteiger partial charge < -0.3 is 9.84 Å². The van der Waals surface area contributed by atoms with Crippen molar-refractivity contribution in [1.29, 1.82) is 0 Å². The first-order valence-corrected chi connectivity index (χ1v) is 6.31. The molecule has 0 heterocycles. The molecule has 0 saturated heterocycles. The van der Waals surface area contributed by atoms with Gasteiger partial charge in [0.2, 0.25) is 0 Å². The van der Waals surface area contributed by atoms with Gasteiger partial charge in [-0.1, -0.05) is 42.5 Å². The lowest BCUT2D eigenvalue weighted by Crippen LogP contribution is -2.00. The van der Waals surface area contributed by atoms with Gasteiger partial charge in [0.25, 0.3) is 0 Å². The third-order valence-corrected chi connectivity index (χ3v) is 3.41. The Labute approximate surface area is 107 Å². The highest BCUT2D eigenvalue weighted by Crippen LogP contribution is 2.37. The number of aliphatic hydroxyl groups is 1. The molecule has 2 nitrogen and oxygen atoms in total. The van der Waals surface area contributed by atoms with Crippen LogP contribution in [-0.4, -0.2) is 5.11 Å². The van der Waals surface area contributed by atoms with Gasteiger partial charge in [-0.2, -0.15) is 0 Å². The zero-order valence-electron chi connectivity index (χ0n) is 10.2. The van der Waals surface area contributed by atoms with Crippen LogP contribution in [-0.2, 0) is 13.0 Å². The van der Waals surface area contributed by atoms with E-state index in [1.807, 2.05) is 42.5 Å². The minimum atomic E-state index is -0.369. The molecule has 2 heteroatoms. The summed E-state index contributed by atoms with van der Waals surface area (Å²) >= 11 is 0. The van der Waals surface area contributed by atoms with Gasteiger partial charge in [-0.3, -0.25) is 0 Å². The molecule has 1 N–H and O–H groups in total. The van der Waals surface area contributed by atoms with Gasteiger partial charge in [0.15, 0.2) is 0 Å². The third-order valence-electron chi connectivity index (χ3n) is 3.41. The van der Waals surface area contributed by atoms with Crippen LogP contribution in [0.1, 0.15) is 29.2 Å². The van der Waals surface area contributed by atoms with Crippen molar-refractivity contribution in [2.24, 2.45) is 0 Å². The van der Waals surface area contributed by atoms with E-state index in [-0.39, 0.29) is 6.10 Å². The standard InChI is InChI=1S/C16H16O2/c17-14-10-9-13-7-4-8-15(16(13)14)18-11-12-5-2-1-3-6-12/h1-8,14,17H,9-11H2. The molecular weight excluding hydrogens is 224 g/mol. The molecule has 1 aliphatic rings. The second-order valence-electron chi connectivity index (χ2n) is 4.66. The first-order chi connectivity index (χ1) is 8.84. The van der Waals surface area contributed by atoms with Crippen molar-refractivity contribution in [2.45, 2.75) is 25.6 Å². The Balaban J connectivity index is 1.80. The Morgan fingerprint density at radius 3 is 2.72 bits per heavy atom. The Hall–Kier alpha value is -1.80. The molecule has 3 rings (SSSR count). The number of benzene rings is 2. The summed E-state index contributed by atoms with van der Waals surface area (Å²) in [5.74, 6) is 0.821. The van der Waals surface area contributed by atoms with Crippen LogP contribution in [0.25, 0.3) is 0 Å².